The second-order valence-corrected chi connectivity index (χ2v) is 11.6. The van der Waals surface area contributed by atoms with E-state index in [9.17, 15) is 4.79 Å². The van der Waals surface area contributed by atoms with Gasteiger partial charge in [0.25, 0.3) is 5.89 Å². The van der Waals surface area contributed by atoms with E-state index < -0.39 is 5.76 Å². The molecular weight excluding hydrogens is 518 g/mol. The Labute approximate surface area is 231 Å². The van der Waals surface area contributed by atoms with E-state index in [0.29, 0.717) is 34.8 Å². The highest BCUT2D eigenvalue weighted by Crippen LogP contribution is 2.34. The molecule has 11 heteroatoms. The summed E-state index contributed by atoms with van der Waals surface area (Å²) in [6.45, 7) is 4.29. The van der Waals surface area contributed by atoms with Gasteiger partial charge in [0.05, 0.1) is 5.02 Å². The summed E-state index contributed by atoms with van der Waals surface area (Å²) in [5.41, 5.74) is 2.64. The maximum Gasteiger partial charge on any atom is 0.434 e. The highest BCUT2D eigenvalue weighted by Gasteiger charge is 2.26. The Kier molecular flexibility index (Phi) is 7.74. The minimum absolute atomic E-state index is 0.00375. The van der Waals surface area contributed by atoms with Crippen molar-refractivity contribution in [2.24, 2.45) is 17.8 Å². The molecule has 2 saturated carbocycles. The molecule has 0 atom stereocenters. The molecule has 206 valence electrons. The number of nitrogens with zero attached hydrogens (tertiary/aromatic N) is 6. The van der Waals surface area contributed by atoms with E-state index in [1.54, 1.807) is 12.4 Å². The van der Waals surface area contributed by atoms with Gasteiger partial charge in [-0.3, -0.25) is 4.98 Å². The molecule has 0 saturated heterocycles. The molecule has 10 nitrogen and oxygen atoms in total. The van der Waals surface area contributed by atoms with Crippen LogP contribution in [0.3, 0.4) is 0 Å². The fourth-order valence-corrected chi connectivity index (χ4v) is 6.17. The molecule has 0 aliphatic heterocycles. The smallest absolute Gasteiger partial charge is 0.384 e. The average Bonchev–Trinajstić information content (AvgIpc) is 3.53. The number of aromatic nitrogens is 7. The van der Waals surface area contributed by atoms with E-state index in [2.05, 4.69) is 31.7 Å². The highest BCUT2D eigenvalue weighted by molar-refractivity contribution is 6.30. The summed E-state index contributed by atoms with van der Waals surface area (Å²) in [5.74, 6) is 2.23. The number of H-pyrrole nitrogens is 1. The minimum Gasteiger partial charge on any atom is -0.384 e. The standard InChI is InChI=1S/C28H34ClN7O3/c1-17-7-9-18(10-8-17)14-36-22(16-38-15-19-5-3-2-4-6-19)31-25-24(36)23(20-11-21(29)13-30-12-20)32-26(33-25)27-34-35-28(37)39-27/h11-13,17-19H,2-10,14-16H2,1H3,(H,35,37)/t17-,18-. The monoisotopic (exact) mass is 551 g/mol. The van der Waals surface area contributed by atoms with Gasteiger partial charge in [0, 0.05) is 31.1 Å². The van der Waals surface area contributed by atoms with Gasteiger partial charge < -0.3 is 13.7 Å². The van der Waals surface area contributed by atoms with Crippen LogP contribution in [0.25, 0.3) is 34.1 Å². The first-order valence-corrected chi connectivity index (χ1v) is 14.4. The number of pyridine rings is 1. The second kappa shape index (κ2) is 11.6. The third-order valence-corrected chi connectivity index (χ3v) is 8.38. The lowest BCUT2D eigenvalue weighted by Crippen LogP contribution is -2.20. The zero-order valence-corrected chi connectivity index (χ0v) is 23.0. The van der Waals surface area contributed by atoms with Crippen LogP contribution in [0.2, 0.25) is 5.02 Å². The number of hydrogen-bond acceptors (Lipinski definition) is 8. The predicted molar refractivity (Wildman–Crippen MR) is 147 cm³/mol. The van der Waals surface area contributed by atoms with Gasteiger partial charge >= 0.3 is 5.76 Å². The average molecular weight is 552 g/mol. The van der Waals surface area contributed by atoms with Gasteiger partial charge in [-0.15, -0.1) is 5.10 Å². The van der Waals surface area contributed by atoms with Crippen LogP contribution in [0.5, 0.6) is 0 Å². The van der Waals surface area contributed by atoms with Crippen molar-refractivity contribution in [3.8, 4) is 23.0 Å². The van der Waals surface area contributed by atoms with Crippen molar-refractivity contribution in [3.05, 3.63) is 39.9 Å². The van der Waals surface area contributed by atoms with Gasteiger partial charge in [-0.05, 0) is 49.5 Å². The Morgan fingerprint density at radius 2 is 1.87 bits per heavy atom. The predicted octanol–water partition coefficient (Wildman–Crippen LogP) is 5.81. The van der Waals surface area contributed by atoms with E-state index in [1.807, 2.05) is 6.07 Å². The Bertz CT molecular complexity index is 1480. The van der Waals surface area contributed by atoms with E-state index >= 15 is 0 Å². The van der Waals surface area contributed by atoms with Gasteiger partial charge in [0.2, 0.25) is 5.82 Å². The van der Waals surface area contributed by atoms with Crippen LogP contribution in [0.1, 0.15) is 70.5 Å². The van der Waals surface area contributed by atoms with E-state index in [-0.39, 0.29) is 11.7 Å². The number of fused-ring (bicyclic) bond motifs is 1. The normalized spacial score (nSPS) is 20.6. The summed E-state index contributed by atoms with van der Waals surface area (Å²) in [6, 6.07) is 1.82. The molecule has 4 aromatic heterocycles. The summed E-state index contributed by atoms with van der Waals surface area (Å²) in [4.78, 5) is 30.4. The summed E-state index contributed by atoms with van der Waals surface area (Å²) in [7, 11) is 0. The molecule has 0 aromatic carbocycles. The van der Waals surface area contributed by atoms with Crippen LogP contribution in [-0.2, 0) is 17.9 Å². The third-order valence-electron chi connectivity index (χ3n) is 8.18. The molecule has 0 bridgehead atoms. The largest absolute Gasteiger partial charge is 0.434 e. The molecule has 4 aromatic rings. The van der Waals surface area contributed by atoms with Crippen LogP contribution in [-0.4, -0.2) is 41.3 Å². The summed E-state index contributed by atoms with van der Waals surface area (Å²) in [6.07, 6.45) is 14.5. The molecule has 0 unspecified atom stereocenters. The van der Waals surface area contributed by atoms with Gasteiger partial charge in [0.15, 0.2) is 5.65 Å². The van der Waals surface area contributed by atoms with Gasteiger partial charge in [-0.2, -0.15) is 0 Å². The zero-order valence-electron chi connectivity index (χ0n) is 22.2. The lowest BCUT2D eigenvalue weighted by Gasteiger charge is -2.27. The number of nitrogens with one attached hydrogen (secondary N) is 1. The van der Waals surface area contributed by atoms with E-state index in [4.69, 9.17) is 30.7 Å². The zero-order chi connectivity index (χ0) is 26.8. The molecule has 0 spiro atoms. The molecular formula is C28H34ClN7O3. The molecule has 4 heterocycles. The molecule has 1 N–H and O–H groups in total. The third kappa shape index (κ3) is 5.91. The topological polar surface area (TPSA) is 125 Å². The molecule has 0 radical (unpaired) electrons. The van der Waals surface area contributed by atoms with Crippen LogP contribution in [0.15, 0.2) is 27.7 Å². The van der Waals surface area contributed by atoms with Crippen molar-refractivity contribution < 1.29 is 9.15 Å². The number of rotatable bonds is 8. The Balaban J connectivity index is 1.43. The SMILES string of the molecule is C[C@H]1CC[C@H](Cn2c(COCC3CCCCC3)nc3nc(-c4n[nH]c(=O)o4)nc(-c4cncc(Cl)c4)c32)CC1. The summed E-state index contributed by atoms with van der Waals surface area (Å²) < 4.78 is 13.7. The quantitative estimate of drug-likeness (QED) is 0.291. The number of aromatic amines is 1. The first-order chi connectivity index (χ1) is 19.0. The fraction of sp³-hybridized carbons (Fsp3) is 0.571. The maximum absolute atomic E-state index is 11.7. The number of ether oxygens (including phenoxy) is 1. The number of halogens is 1. The Hall–Kier alpha value is -3.11. The molecule has 2 aliphatic carbocycles. The summed E-state index contributed by atoms with van der Waals surface area (Å²) in [5, 5.41) is 6.73. The van der Waals surface area contributed by atoms with Crippen molar-refractivity contribution in [2.75, 3.05) is 6.61 Å². The fourth-order valence-electron chi connectivity index (χ4n) is 5.99. The van der Waals surface area contributed by atoms with E-state index in [0.717, 1.165) is 36.0 Å². The molecule has 2 aliphatic rings. The number of imidazole rings is 1. The maximum atomic E-state index is 11.7. The Morgan fingerprint density at radius 1 is 1.05 bits per heavy atom. The Morgan fingerprint density at radius 3 is 2.62 bits per heavy atom. The van der Waals surface area contributed by atoms with Gasteiger partial charge in [0.1, 0.15) is 23.6 Å². The van der Waals surface area contributed by atoms with Crippen LogP contribution in [0, 0.1) is 17.8 Å². The first kappa shape index (κ1) is 26.1. The molecule has 0 amide bonds. The van der Waals surface area contributed by atoms with Crippen molar-refractivity contribution in [1.29, 1.82) is 0 Å². The first-order valence-electron chi connectivity index (χ1n) is 14.0. The van der Waals surface area contributed by atoms with Crippen molar-refractivity contribution in [1.82, 2.24) is 34.7 Å². The van der Waals surface area contributed by atoms with E-state index in [1.165, 1.54) is 57.8 Å². The van der Waals surface area contributed by atoms with Gasteiger partial charge in [-0.1, -0.05) is 50.6 Å². The van der Waals surface area contributed by atoms with Crippen LogP contribution >= 0.6 is 11.6 Å². The van der Waals surface area contributed by atoms with Gasteiger partial charge in [-0.25, -0.2) is 24.8 Å². The van der Waals surface area contributed by atoms with Crippen LogP contribution < -0.4 is 5.76 Å². The summed E-state index contributed by atoms with van der Waals surface area (Å²) >= 11 is 6.34. The minimum atomic E-state index is -0.673. The lowest BCUT2D eigenvalue weighted by molar-refractivity contribution is 0.0678. The van der Waals surface area contributed by atoms with Crippen molar-refractivity contribution in [2.45, 2.75) is 77.9 Å². The van der Waals surface area contributed by atoms with Crippen molar-refractivity contribution >= 4 is 22.8 Å². The molecule has 6 rings (SSSR count). The second-order valence-electron chi connectivity index (χ2n) is 11.2. The highest BCUT2D eigenvalue weighted by atomic mass is 35.5. The molecule has 2 fully saturated rings. The molecule has 39 heavy (non-hydrogen) atoms. The lowest BCUT2D eigenvalue weighted by atomic mass is 9.83. The van der Waals surface area contributed by atoms with Crippen LogP contribution in [0.4, 0.5) is 0 Å². The number of hydrogen-bond donors (Lipinski definition) is 1. The van der Waals surface area contributed by atoms with Crippen molar-refractivity contribution in [3.63, 3.8) is 0 Å².